The van der Waals surface area contributed by atoms with Crippen LogP contribution < -0.4 is 10.5 Å². The molecule has 0 fully saturated rings. The minimum Gasteiger partial charge on any atom is -0.487 e. The first-order valence-corrected chi connectivity index (χ1v) is 6.37. The minimum absolute atomic E-state index is 0.0929. The van der Waals surface area contributed by atoms with E-state index in [1.54, 1.807) is 6.07 Å². The fourth-order valence-corrected chi connectivity index (χ4v) is 1.90. The molecule has 104 valence electrons. The van der Waals surface area contributed by atoms with Gasteiger partial charge in [-0.1, -0.05) is 30.3 Å². The molecule has 0 bridgehead atoms. The van der Waals surface area contributed by atoms with Gasteiger partial charge in [0.1, 0.15) is 0 Å². The molecule has 2 rings (SSSR count). The summed E-state index contributed by atoms with van der Waals surface area (Å²) >= 11 is 0. The molecule has 0 saturated carbocycles. The second kappa shape index (κ2) is 6.56. The van der Waals surface area contributed by atoms with Gasteiger partial charge in [-0.2, -0.15) is 0 Å². The Bertz CT molecular complexity index is 585. The van der Waals surface area contributed by atoms with Gasteiger partial charge in [-0.15, -0.1) is 0 Å². The number of nitrogens with zero attached hydrogens (tertiary/aromatic N) is 1. The second-order valence-electron chi connectivity index (χ2n) is 4.42. The second-order valence-corrected chi connectivity index (χ2v) is 4.42. The van der Waals surface area contributed by atoms with Crippen molar-refractivity contribution in [3.8, 4) is 5.75 Å². The normalized spacial score (nSPS) is 10.2. The van der Waals surface area contributed by atoms with Crippen molar-refractivity contribution in [2.24, 2.45) is 0 Å². The Balaban J connectivity index is 1.90. The van der Waals surface area contributed by atoms with E-state index in [0.29, 0.717) is 12.3 Å². The quantitative estimate of drug-likeness (QED) is 0.379. The molecular weight excluding hydrogens is 256 g/mol. The van der Waals surface area contributed by atoms with Crippen LogP contribution in [-0.4, -0.2) is 11.5 Å². The highest BCUT2D eigenvalue weighted by Crippen LogP contribution is 2.28. The Hall–Kier alpha value is -2.56. The SMILES string of the molecule is Nc1ccc(OCCCc2ccccc2)c([N+](=O)[O-])c1. The van der Waals surface area contributed by atoms with Crippen LogP contribution in [0.5, 0.6) is 5.75 Å². The molecule has 0 spiro atoms. The number of ether oxygens (including phenoxy) is 1. The van der Waals surface area contributed by atoms with Crippen LogP contribution in [0.25, 0.3) is 0 Å². The van der Waals surface area contributed by atoms with E-state index in [1.807, 2.05) is 30.3 Å². The van der Waals surface area contributed by atoms with Gasteiger partial charge in [-0.25, -0.2) is 0 Å². The van der Waals surface area contributed by atoms with Gasteiger partial charge in [-0.3, -0.25) is 10.1 Å². The molecule has 0 aliphatic carbocycles. The molecule has 0 amide bonds. The Kier molecular flexibility index (Phi) is 4.55. The van der Waals surface area contributed by atoms with Crippen molar-refractivity contribution in [2.45, 2.75) is 12.8 Å². The van der Waals surface area contributed by atoms with Crippen molar-refractivity contribution in [1.29, 1.82) is 0 Å². The summed E-state index contributed by atoms with van der Waals surface area (Å²) in [5.74, 6) is 0.261. The molecule has 0 aromatic heterocycles. The summed E-state index contributed by atoms with van der Waals surface area (Å²) in [6.45, 7) is 0.430. The molecule has 0 heterocycles. The Morgan fingerprint density at radius 3 is 2.60 bits per heavy atom. The topological polar surface area (TPSA) is 78.4 Å². The zero-order chi connectivity index (χ0) is 14.4. The highest BCUT2D eigenvalue weighted by Gasteiger charge is 2.15. The Morgan fingerprint density at radius 2 is 1.90 bits per heavy atom. The first-order valence-electron chi connectivity index (χ1n) is 6.37. The van der Waals surface area contributed by atoms with Gasteiger partial charge < -0.3 is 10.5 Å². The molecule has 0 unspecified atom stereocenters. The highest BCUT2D eigenvalue weighted by atomic mass is 16.6. The van der Waals surface area contributed by atoms with E-state index in [1.165, 1.54) is 17.7 Å². The summed E-state index contributed by atoms with van der Waals surface area (Å²) in [6, 6.07) is 14.5. The van der Waals surface area contributed by atoms with E-state index in [2.05, 4.69) is 0 Å². The van der Waals surface area contributed by atoms with E-state index in [4.69, 9.17) is 10.5 Å². The zero-order valence-corrected chi connectivity index (χ0v) is 11.0. The van der Waals surface area contributed by atoms with Gasteiger partial charge in [0, 0.05) is 11.8 Å². The maximum Gasteiger partial charge on any atom is 0.312 e. The smallest absolute Gasteiger partial charge is 0.312 e. The van der Waals surface area contributed by atoms with Crippen LogP contribution in [0, 0.1) is 10.1 Å². The van der Waals surface area contributed by atoms with Gasteiger partial charge >= 0.3 is 5.69 Å². The standard InChI is InChI=1S/C15H16N2O3/c16-13-8-9-15(14(11-13)17(18)19)20-10-4-7-12-5-2-1-3-6-12/h1-3,5-6,8-9,11H,4,7,10,16H2. The minimum atomic E-state index is -0.483. The number of nitrogens with two attached hydrogens (primary N) is 1. The number of nitro benzene ring substituents is 1. The molecule has 20 heavy (non-hydrogen) atoms. The summed E-state index contributed by atoms with van der Waals surface area (Å²) in [5.41, 5.74) is 7.02. The van der Waals surface area contributed by atoms with E-state index in [9.17, 15) is 10.1 Å². The van der Waals surface area contributed by atoms with Crippen LogP contribution >= 0.6 is 0 Å². The average molecular weight is 272 g/mol. The lowest BCUT2D eigenvalue weighted by molar-refractivity contribution is -0.385. The predicted molar refractivity (Wildman–Crippen MR) is 77.8 cm³/mol. The van der Waals surface area contributed by atoms with Crippen molar-refractivity contribution in [2.75, 3.05) is 12.3 Å². The predicted octanol–water partition coefficient (Wildman–Crippen LogP) is 3.19. The van der Waals surface area contributed by atoms with E-state index in [-0.39, 0.29) is 11.4 Å². The molecule has 0 atom stereocenters. The molecule has 0 aliphatic rings. The number of hydrogen-bond donors (Lipinski definition) is 1. The highest BCUT2D eigenvalue weighted by molar-refractivity contribution is 5.56. The van der Waals surface area contributed by atoms with Crippen LogP contribution in [-0.2, 0) is 6.42 Å². The van der Waals surface area contributed by atoms with E-state index in [0.717, 1.165) is 12.8 Å². The van der Waals surface area contributed by atoms with Crippen LogP contribution in [0.4, 0.5) is 11.4 Å². The molecule has 5 heteroatoms. The maximum atomic E-state index is 10.9. The third kappa shape index (κ3) is 3.71. The van der Waals surface area contributed by atoms with E-state index >= 15 is 0 Å². The lowest BCUT2D eigenvalue weighted by Crippen LogP contribution is -2.02. The van der Waals surface area contributed by atoms with Crippen molar-refractivity contribution < 1.29 is 9.66 Å². The van der Waals surface area contributed by atoms with Crippen LogP contribution in [0.2, 0.25) is 0 Å². The molecule has 0 aliphatic heterocycles. The van der Waals surface area contributed by atoms with Gasteiger partial charge in [0.2, 0.25) is 0 Å². The zero-order valence-electron chi connectivity index (χ0n) is 11.0. The first-order chi connectivity index (χ1) is 9.66. The fourth-order valence-electron chi connectivity index (χ4n) is 1.90. The third-order valence-electron chi connectivity index (χ3n) is 2.89. The van der Waals surface area contributed by atoms with Crippen LogP contribution in [0.15, 0.2) is 48.5 Å². The molecule has 0 saturated heterocycles. The maximum absolute atomic E-state index is 10.9. The third-order valence-corrected chi connectivity index (χ3v) is 2.89. The number of benzene rings is 2. The molecule has 0 radical (unpaired) electrons. The number of nitrogen functional groups attached to an aromatic ring is 1. The van der Waals surface area contributed by atoms with Gasteiger partial charge in [0.15, 0.2) is 5.75 Å². The summed E-state index contributed by atoms with van der Waals surface area (Å²) in [7, 11) is 0. The summed E-state index contributed by atoms with van der Waals surface area (Å²) in [5, 5.41) is 10.9. The number of hydrogen-bond acceptors (Lipinski definition) is 4. The summed E-state index contributed by atoms with van der Waals surface area (Å²) < 4.78 is 5.48. The number of aryl methyl sites for hydroxylation is 1. The molecule has 2 aromatic rings. The molecule has 2 N–H and O–H groups in total. The Labute approximate surface area is 117 Å². The van der Waals surface area contributed by atoms with Gasteiger partial charge in [-0.05, 0) is 30.5 Å². The van der Waals surface area contributed by atoms with Crippen molar-refractivity contribution in [3.05, 3.63) is 64.2 Å². The number of rotatable bonds is 6. The van der Waals surface area contributed by atoms with Gasteiger partial charge in [0.25, 0.3) is 0 Å². The van der Waals surface area contributed by atoms with Gasteiger partial charge in [0.05, 0.1) is 11.5 Å². The lowest BCUT2D eigenvalue weighted by Gasteiger charge is -2.07. The Morgan fingerprint density at radius 1 is 1.15 bits per heavy atom. The molecule has 5 nitrogen and oxygen atoms in total. The van der Waals surface area contributed by atoms with Crippen molar-refractivity contribution in [3.63, 3.8) is 0 Å². The summed E-state index contributed by atoms with van der Waals surface area (Å²) in [4.78, 5) is 10.4. The first kappa shape index (κ1) is 13.9. The molecule has 2 aromatic carbocycles. The number of anilines is 1. The van der Waals surface area contributed by atoms with Crippen LogP contribution in [0.1, 0.15) is 12.0 Å². The largest absolute Gasteiger partial charge is 0.487 e. The van der Waals surface area contributed by atoms with E-state index < -0.39 is 4.92 Å². The van der Waals surface area contributed by atoms with Crippen LogP contribution in [0.3, 0.4) is 0 Å². The number of nitro groups is 1. The lowest BCUT2D eigenvalue weighted by atomic mass is 10.1. The van der Waals surface area contributed by atoms with Crippen molar-refractivity contribution >= 4 is 11.4 Å². The fraction of sp³-hybridized carbons (Fsp3) is 0.200. The molecular formula is C15H16N2O3. The van der Waals surface area contributed by atoms with Crippen molar-refractivity contribution in [1.82, 2.24) is 0 Å². The summed E-state index contributed by atoms with van der Waals surface area (Å²) in [6.07, 6.45) is 1.68. The monoisotopic (exact) mass is 272 g/mol. The average Bonchev–Trinajstić information content (AvgIpc) is 2.45.